The molecule has 7 heteroatoms. The van der Waals surface area contributed by atoms with E-state index in [1.807, 2.05) is 0 Å². The molecule has 2 heterocycles. The van der Waals surface area contributed by atoms with Crippen LogP contribution in [0.25, 0.3) is 5.82 Å². The van der Waals surface area contributed by atoms with Gasteiger partial charge < -0.3 is 5.73 Å². The SMILES string of the molecule is NC(Cc1ccc(-n2cncn2)nc1)C(F)F. The van der Waals surface area contributed by atoms with E-state index in [4.69, 9.17) is 5.73 Å². The van der Waals surface area contributed by atoms with E-state index in [-0.39, 0.29) is 6.42 Å². The van der Waals surface area contributed by atoms with Gasteiger partial charge in [-0.25, -0.2) is 23.4 Å². The predicted molar refractivity (Wildman–Crippen MR) is 56.8 cm³/mol. The number of aromatic nitrogens is 4. The summed E-state index contributed by atoms with van der Waals surface area (Å²) in [4.78, 5) is 7.88. The Morgan fingerprint density at radius 3 is 2.71 bits per heavy atom. The summed E-state index contributed by atoms with van der Waals surface area (Å²) in [7, 11) is 0. The van der Waals surface area contributed by atoms with Gasteiger partial charge in [-0.2, -0.15) is 5.10 Å². The van der Waals surface area contributed by atoms with Crippen molar-refractivity contribution < 1.29 is 8.78 Å². The molecule has 0 aromatic carbocycles. The quantitative estimate of drug-likeness (QED) is 0.856. The van der Waals surface area contributed by atoms with Crippen LogP contribution in [-0.4, -0.2) is 32.2 Å². The molecule has 2 N–H and O–H groups in total. The van der Waals surface area contributed by atoms with Gasteiger partial charge in [-0.1, -0.05) is 6.07 Å². The van der Waals surface area contributed by atoms with Crippen LogP contribution in [0.1, 0.15) is 5.56 Å². The zero-order valence-corrected chi connectivity index (χ0v) is 8.87. The number of nitrogens with two attached hydrogens (primary N) is 1. The fraction of sp³-hybridized carbons (Fsp3) is 0.300. The maximum absolute atomic E-state index is 12.2. The minimum absolute atomic E-state index is 0.0995. The Kier molecular flexibility index (Phi) is 3.38. The summed E-state index contributed by atoms with van der Waals surface area (Å²) in [6, 6.07) is 2.23. The Bertz CT molecular complexity index is 454. The lowest BCUT2D eigenvalue weighted by atomic mass is 10.1. The van der Waals surface area contributed by atoms with Crippen LogP contribution in [0.15, 0.2) is 31.0 Å². The van der Waals surface area contributed by atoms with Crippen molar-refractivity contribution in [3.8, 4) is 5.82 Å². The van der Waals surface area contributed by atoms with Crippen molar-refractivity contribution in [2.75, 3.05) is 0 Å². The van der Waals surface area contributed by atoms with Crippen molar-refractivity contribution >= 4 is 0 Å². The summed E-state index contributed by atoms with van der Waals surface area (Å²) < 4.78 is 26.0. The van der Waals surface area contributed by atoms with Crippen LogP contribution in [-0.2, 0) is 6.42 Å². The molecule has 0 amide bonds. The predicted octanol–water partition coefficient (Wildman–Crippen LogP) is 0.797. The smallest absolute Gasteiger partial charge is 0.253 e. The van der Waals surface area contributed by atoms with Crippen LogP contribution in [0.4, 0.5) is 8.78 Å². The number of halogens is 2. The summed E-state index contributed by atoms with van der Waals surface area (Å²) in [6.45, 7) is 0. The Morgan fingerprint density at radius 2 is 2.18 bits per heavy atom. The molecule has 0 aliphatic rings. The fourth-order valence-corrected chi connectivity index (χ4v) is 1.36. The molecule has 5 nitrogen and oxygen atoms in total. The van der Waals surface area contributed by atoms with Crippen LogP contribution >= 0.6 is 0 Å². The number of rotatable bonds is 4. The zero-order chi connectivity index (χ0) is 12.3. The molecule has 0 radical (unpaired) electrons. The van der Waals surface area contributed by atoms with E-state index in [1.54, 1.807) is 12.1 Å². The number of alkyl halides is 2. The van der Waals surface area contributed by atoms with Crippen LogP contribution < -0.4 is 5.73 Å². The van der Waals surface area contributed by atoms with Gasteiger partial charge in [-0.15, -0.1) is 0 Å². The Hall–Kier alpha value is -1.89. The Morgan fingerprint density at radius 1 is 1.35 bits per heavy atom. The third-order valence-electron chi connectivity index (χ3n) is 2.26. The maximum Gasteiger partial charge on any atom is 0.253 e. The second-order valence-electron chi connectivity index (χ2n) is 3.57. The third-order valence-corrected chi connectivity index (χ3v) is 2.26. The van der Waals surface area contributed by atoms with Gasteiger partial charge in [0.05, 0.1) is 6.04 Å². The summed E-state index contributed by atoms with van der Waals surface area (Å²) >= 11 is 0. The van der Waals surface area contributed by atoms with Crippen molar-refractivity contribution in [3.05, 3.63) is 36.5 Å². The summed E-state index contributed by atoms with van der Waals surface area (Å²) in [5.74, 6) is 0.580. The van der Waals surface area contributed by atoms with E-state index in [1.165, 1.54) is 23.5 Å². The molecule has 0 saturated carbocycles. The molecule has 2 aromatic heterocycles. The van der Waals surface area contributed by atoms with Gasteiger partial charge in [0, 0.05) is 6.20 Å². The molecule has 0 saturated heterocycles. The highest BCUT2D eigenvalue weighted by molar-refractivity contribution is 5.24. The number of hydrogen-bond donors (Lipinski definition) is 1. The average molecular weight is 239 g/mol. The van der Waals surface area contributed by atoms with Crippen molar-refractivity contribution in [3.63, 3.8) is 0 Å². The summed E-state index contributed by atoms with van der Waals surface area (Å²) in [5.41, 5.74) is 5.94. The van der Waals surface area contributed by atoms with Crippen molar-refractivity contribution in [2.24, 2.45) is 5.73 Å². The van der Waals surface area contributed by atoms with Gasteiger partial charge in [-0.3, -0.25) is 0 Å². The average Bonchev–Trinajstić information content (AvgIpc) is 2.83. The highest BCUT2D eigenvalue weighted by Crippen LogP contribution is 2.09. The molecule has 17 heavy (non-hydrogen) atoms. The highest BCUT2D eigenvalue weighted by Gasteiger charge is 2.15. The van der Waals surface area contributed by atoms with E-state index in [9.17, 15) is 8.78 Å². The minimum Gasteiger partial charge on any atom is -0.323 e. The normalized spacial score (nSPS) is 12.9. The lowest BCUT2D eigenvalue weighted by molar-refractivity contribution is 0.116. The lowest BCUT2D eigenvalue weighted by Gasteiger charge is -2.10. The molecule has 0 aliphatic carbocycles. The number of nitrogens with zero attached hydrogens (tertiary/aromatic N) is 4. The van der Waals surface area contributed by atoms with Crippen LogP contribution in [0, 0.1) is 0 Å². The first-order chi connectivity index (χ1) is 8.16. The first-order valence-electron chi connectivity index (χ1n) is 5.00. The Balaban J connectivity index is 2.08. The second kappa shape index (κ2) is 4.96. The standard InChI is InChI=1S/C10H11F2N5/c11-10(12)8(13)3-7-1-2-9(15-4-7)17-6-14-5-16-17/h1-2,4-6,8,10H,3,13H2. The molecular weight excluding hydrogens is 228 g/mol. The molecule has 0 spiro atoms. The fourth-order valence-electron chi connectivity index (χ4n) is 1.36. The van der Waals surface area contributed by atoms with Gasteiger partial charge in [0.1, 0.15) is 12.7 Å². The summed E-state index contributed by atoms with van der Waals surface area (Å²) in [5, 5.41) is 3.90. The van der Waals surface area contributed by atoms with Crippen LogP contribution in [0.3, 0.4) is 0 Å². The molecule has 0 bridgehead atoms. The molecule has 1 atom stereocenters. The van der Waals surface area contributed by atoms with E-state index >= 15 is 0 Å². The molecule has 2 aromatic rings. The largest absolute Gasteiger partial charge is 0.323 e. The van der Waals surface area contributed by atoms with E-state index < -0.39 is 12.5 Å². The molecule has 1 unspecified atom stereocenters. The monoisotopic (exact) mass is 239 g/mol. The molecule has 0 fully saturated rings. The lowest BCUT2D eigenvalue weighted by Crippen LogP contribution is -2.30. The molecule has 2 rings (SSSR count). The van der Waals surface area contributed by atoms with Gasteiger partial charge in [0.15, 0.2) is 5.82 Å². The number of hydrogen-bond acceptors (Lipinski definition) is 4. The molecule has 90 valence electrons. The topological polar surface area (TPSA) is 69.6 Å². The van der Waals surface area contributed by atoms with Crippen molar-refractivity contribution in [1.29, 1.82) is 0 Å². The number of pyridine rings is 1. The summed E-state index contributed by atoms with van der Waals surface area (Å²) in [6.07, 6.45) is 1.99. The van der Waals surface area contributed by atoms with Gasteiger partial charge in [-0.05, 0) is 18.1 Å². The first kappa shape index (κ1) is 11.6. The third kappa shape index (κ3) is 2.82. The van der Waals surface area contributed by atoms with Crippen molar-refractivity contribution in [1.82, 2.24) is 19.7 Å². The van der Waals surface area contributed by atoms with Gasteiger partial charge in [0.2, 0.25) is 0 Å². The Labute approximate surface area is 96.3 Å². The van der Waals surface area contributed by atoms with E-state index in [0.29, 0.717) is 11.4 Å². The van der Waals surface area contributed by atoms with E-state index in [0.717, 1.165) is 0 Å². The van der Waals surface area contributed by atoms with Crippen LogP contribution in [0.5, 0.6) is 0 Å². The van der Waals surface area contributed by atoms with Gasteiger partial charge >= 0.3 is 0 Å². The highest BCUT2D eigenvalue weighted by atomic mass is 19.3. The van der Waals surface area contributed by atoms with Gasteiger partial charge in [0.25, 0.3) is 6.43 Å². The zero-order valence-electron chi connectivity index (χ0n) is 8.87. The molecule has 0 aliphatic heterocycles. The first-order valence-corrected chi connectivity index (χ1v) is 5.00. The molecular formula is C10H11F2N5. The van der Waals surface area contributed by atoms with Crippen LogP contribution in [0.2, 0.25) is 0 Å². The van der Waals surface area contributed by atoms with Crippen molar-refractivity contribution in [2.45, 2.75) is 18.9 Å². The minimum atomic E-state index is -2.52. The maximum atomic E-state index is 12.2. The second-order valence-corrected chi connectivity index (χ2v) is 3.57. The van der Waals surface area contributed by atoms with E-state index in [2.05, 4.69) is 15.1 Å².